The molecule has 0 saturated carbocycles. The number of benzene rings is 2. The Bertz CT molecular complexity index is 1050. The molecule has 0 radical (unpaired) electrons. The van der Waals surface area contributed by atoms with E-state index in [9.17, 15) is 13.2 Å². The van der Waals surface area contributed by atoms with E-state index in [1.807, 2.05) is 0 Å². The van der Waals surface area contributed by atoms with Gasteiger partial charge in [0.05, 0.1) is 4.90 Å². The quantitative estimate of drug-likeness (QED) is 0.661. The molecule has 0 aliphatic carbocycles. The highest BCUT2D eigenvalue weighted by Crippen LogP contribution is 2.23. The fourth-order valence-corrected chi connectivity index (χ4v) is 3.64. The topological polar surface area (TPSA) is 88.2 Å². The number of sulfone groups is 1. The highest BCUT2D eigenvalue weighted by atomic mass is 35.5. The Kier molecular flexibility index (Phi) is 5.26. The number of anilines is 3. The second-order valence-corrected chi connectivity index (χ2v) is 8.73. The minimum Gasteiger partial charge on any atom is -0.332 e. The molecular weight excluding hydrogens is 394 g/mol. The van der Waals surface area contributed by atoms with Crippen molar-refractivity contribution in [3.63, 3.8) is 0 Å². The van der Waals surface area contributed by atoms with Gasteiger partial charge in [0.2, 0.25) is 0 Å². The minimum absolute atomic E-state index is 0.240. The minimum atomic E-state index is -3.24. The second kappa shape index (κ2) is 7.45. The normalized spacial score (nSPS) is 11.2. The number of halogens is 1. The molecule has 6 nitrogen and oxygen atoms in total. The van der Waals surface area contributed by atoms with E-state index in [1.54, 1.807) is 41.8 Å². The van der Waals surface area contributed by atoms with Crippen molar-refractivity contribution in [3.05, 3.63) is 64.6 Å². The molecule has 0 aliphatic heterocycles. The molecule has 0 fully saturated rings. The molecule has 0 saturated heterocycles. The van der Waals surface area contributed by atoms with Crippen LogP contribution in [0.3, 0.4) is 0 Å². The molecule has 1 amide bonds. The zero-order valence-corrected chi connectivity index (χ0v) is 16.0. The van der Waals surface area contributed by atoms with E-state index in [0.717, 1.165) is 6.26 Å². The van der Waals surface area contributed by atoms with Gasteiger partial charge >= 0.3 is 0 Å². The molecule has 26 heavy (non-hydrogen) atoms. The summed E-state index contributed by atoms with van der Waals surface area (Å²) in [4.78, 5) is 16.7. The van der Waals surface area contributed by atoms with Crippen LogP contribution in [0.2, 0.25) is 5.02 Å². The average molecular weight is 408 g/mol. The first kappa shape index (κ1) is 18.4. The molecule has 0 aliphatic rings. The van der Waals surface area contributed by atoms with E-state index < -0.39 is 9.84 Å². The van der Waals surface area contributed by atoms with E-state index in [2.05, 4.69) is 15.6 Å². The smallest absolute Gasteiger partial charge is 0.275 e. The van der Waals surface area contributed by atoms with Gasteiger partial charge < -0.3 is 10.6 Å². The van der Waals surface area contributed by atoms with Crippen LogP contribution in [0.4, 0.5) is 16.5 Å². The van der Waals surface area contributed by atoms with Crippen LogP contribution in [0.1, 0.15) is 10.5 Å². The summed E-state index contributed by atoms with van der Waals surface area (Å²) in [6.45, 7) is 0. The monoisotopic (exact) mass is 407 g/mol. The van der Waals surface area contributed by atoms with Crippen molar-refractivity contribution in [2.24, 2.45) is 0 Å². The van der Waals surface area contributed by atoms with Gasteiger partial charge in [-0.3, -0.25) is 4.79 Å². The molecule has 1 heterocycles. The number of nitrogens with one attached hydrogen (secondary N) is 2. The lowest BCUT2D eigenvalue weighted by Crippen LogP contribution is -2.12. The standard InChI is InChI=1S/C17H14ClN3O3S2/c1-26(23,24)14-7-5-12(6-8-14)20-17-21-15(10-25-17)16(22)19-13-4-2-3-11(18)9-13/h2-10H,1H3,(H,19,22)(H,20,21). The van der Waals surface area contributed by atoms with Crippen LogP contribution in [0.15, 0.2) is 58.8 Å². The van der Waals surface area contributed by atoms with Crippen LogP contribution in [0, 0.1) is 0 Å². The maximum atomic E-state index is 12.2. The maximum absolute atomic E-state index is 12.2. The average Bonchev–Trinajstić information content (AvgIpc) is 3.03. The molecule has 0 atom stereocenters. The number of hydrogen-bond acceptors (Lipinski definition) is 6. The molecule has 3 rings (SSSR count). The van der Waals surface area contributed by atoms with E-state index in [1.165, 1.54) is 23.5 Å². The summed E-state index contributed by atoms with van der Waals surface area (Å²) >= 11 is 7.16. The Hall–Kier alpha value is -2.42. The lowest BCUT2D eigenvalue weighted by atomic mass is 10.3. The van der Waals surface area contributed by atoms with Gasteiger partial charge in [0, 0.05) is 28.0 Å². The molecule has 2 N–H and O–H groups in total. The van der Waals surface area contributed by atoms with Crippen LogP contribution in [-0.2, 0) is 9.84 Å². The van der Waals surface area contributed by atoms with Gasteiger partial charge in [-0.05, 0) is 42.5 Å². The number of hydrogen-bond donors (Lipinski definition) is 2. The van der Waals surface area contributed by atoms with Gasteiger partial charge in [0.15, 0.2) is 15.0 Å². The van der Waals surface area contributed by atoms with Crippen molar-refractivity contribution in [2.75, 3.05) is 16.9 Å². The Morgan fingerprint density at radius 2 is 1.85 bits per heavy atom. The summed E-state index contributed by atoms with van der Waals surface area (Å²) < 4.78 is 22.9. The highest BCUT2D eigenvalue weighted by molar-refractivity contribution is 7.90. The fourth-order valence-electron chi connectivity index (χ4n) is 2.11. The van der Waals surface area contributed by atoms with E-state index in [-0.39, 0.29) is 16.5 Å². The Balaban J connectivity index is 1.68. The van der Waals surface area contributed by atoms with Crippen LogP contribution >= 0.6 is 22.9 Å². The van der Waals surface area contributed by atoms with E-state index >= 15 is 0 Å². The van der Waals surface area contributed by atoms with Crippen molar-refractivity contribution in [2.45, 2.75) is 4.90 Å². The Morgan fingerprint density at radius 1 is 1.12 bits per heavy atom. The first-order valence-corrected chi connectivity index (χ1v) is 10.6. The molecule has 9 heteroatoms. The largest absolute Gasteiger partial charge is 0.332 e. The SMILES string of the molecule is CS(=O)(=O)c1ccc(Nc2nc(C(=O)Nc3cccc(Cl)c3)cs2)cc1. The van der Waals surface area contributed by atoms with Crippen molar-refractivity contribution < 1.29 is 13.2 Å². The molecule has 0 unspecified atom stereocenters. The first-order chi connectivity index (χ1) is 12.3. The Labute approximate surface area is 159 Å². The number of carbonyl (C=O) groups is 1. The third-order valence-corrected chi connectivity index (χ3v) is 5.47. The zero-order chi connectivity index (χ0) is 18.7. The van der Waals surface area contributed by atoms with Gasteiger partial charge in [-0.1, -0.05) is 17.7 Å². The third-order valence-electron chi connectivity index (χ3n) is 3.35. The molecule has 3 aromatic rings. The predicted molar refractivity (Wildman–Crippen MR) is 104 cm³/mol. The zero-order valence-electron chi connectivity index (χ0n) is 13.6. The van der Waals surface area contributed by atoms with Crippen LogP contribution in [0.5, 0.6) is 0 Å². The third kappa shape index (κ3) is 4.60. The van der Waals surface area contributed by atoms with Crippen LogP contribution in [-0.4, -0.2) is 25.6 Å². The predicted octanol–water partition coefficient (Wildman–Crippen LogP) is 4.20. The second-order valence-electron chi connectivity index (χ2n) is 5.42. The Morgan fingerprint density at radius 3 is 2.50 bits per heavy atom. The van der Waals surface area contributed by atoms with Crippen molar-refractivity contribution >= 4 is 55.2 Å². The summed E-state index contributed by atoms with van der Waals surface area (Å²) in [7, 11) is -3.24. The summed E-state index contributed by atoms with van der Waals surface area (Å²) in [6.07, 6.45) is 1.15. The highest BCUT2D eigenvalue weighted by Gasteiger charge is 2.12. The number of carbonyl (C=O) groups excluding carboxylic acids is 1. The fraction of sp³-hybridized carbons (Fsp3) is 0.0588. The van der Waals surface area contributed by atoms with Gasteiger partial charge in [-0.15, -0.1) is 11.3 Å². The van der Waals surface area contributed by atoms with Gasteiger partial charge in [-0.2, -0.15) is 0 Å². The molecule has 134 valence electrons. The number of amides is 1. The maximum Gasteiger partial charge on any atom is 0.275 e. The summed E-state index contributed by atoms with van der Waals surface area (Å²) in [5.41, 5.74) is 1.53. The summed E-state index contributed by atoms with van der Waals surface area (Å²) in [5.74, 6) is -0.344. The molecule has 2 aromatic carbocycles. The van der Waals surface area contributed by atoms with Crippen LogP contribution in [0.25, 0.3) is 0 Å². The summed E-state index contributed by atoms with van der Waals surface area (Å²) in [6, 6.07) is 13.2. The van der Waals surface area contributed by atoms with Crippen molar-refractivity contribution in [1.82, 2.24) is 4.98 Å². The van der Waals surface area contributed by atoms with E-state index in [0.29, 0.717) is 21.5 Å². The number of nitrogens with zero attached hydrogens (tertiary/aromatic N) is 1. The lowest BCUT2D eigenvalue weighted by Gasteiger charge is -2.04. The summed E-state index contributed by atoms with van der Waals surface area (Å²) in [5, 5.41) is 8.45. The van der Waals surface area contributed by atoms with Gasteiger partial charge in [0.1, 0.15) is 5.69 Å². The van der Waals surface area contributed by atoms with Gasteiger partial charge in [0.25, 0.3) is 5.91 Å². The molecule has 1 aromatic heterocycles. The van der Waals surface area contributed by atoms with Crippen molar-refractivity contribution in [1.29, 1.82) is 0 Å². The molecule has 0 bridgehead atoms. The number of aromatic nitrogens is 1. The van der Waals surface area contributed by atoms with Gasteiger partial charge in [-0.25, -0.2) is 13.4 Å². The lowest BCUT2D eigenvalue weighted by molar-refractivity contribution is 0.102. The van der Waals surface area contributed by atoms with E-state index in [4.69, 9.17) is 11.6 Å². The number of rotatable bonds is 5. The molecular formula is C17H14ClN3O3S2. The number of thiazole rings is 1. The van der Waals surface area contributed by atoms with Crippen LogP contribution < -0.4 is 10.6 Å². The van der Waals surface area contributed by atoms with Crippen molar-refractivity contribution in [3.8, 4) is 0 Å². The molecule has 0 spiro atoms. The first-order valence-electron chi connectivity index (χ1n) is 7.41.